The number of hydrogen-bond donors (Lipinski definition) is 1. The molecule has 0 aliphatic carbocycles. The number of aromatic nitrogens is 1. The summed E-state index contributed by atoms with van der Waals surface area (Å²) in [6.07, 6.45) is 5.05. The SMILES string of the molecule is COC(C)C(C)NCCc1ccncc1C. The fraction of sp³-hybridized carbons (Fsp3) is 0.615. The average molecular weight is 222 g/mol. The Hall–Kier alpha value is -0.930. The van der Waals surface area contributed by atoms with E-state index < -0.39 is 0 Å². The van der Waals surface area contributed by atoms with Gasteiger partial charge in [0.2, 0.25) is 0 Å². The van der Waals surface area contributed by atoms with Gasteiger partial charge in [0, 0.05) is 25.5 Å². The molecule has 3 nitrogen and oxygen atoms in total. The third-order valence-corrected chi connectivity index (χ3v) is 3.07. The van der Waals surface area contributed by atoms with Crippen molar-refractivity contribution in [1.29, 1.82) is 0 Å². The molecular formula is C13H22N2O. The minimum Gasteiger partial charge on any atom is -0.380 e. The van der Waals surface area contributed by atoms with Crippen LogP contribution in [-0.4, -0.2) is 30.8 Å². The average Bonchev–Trinajstić information content (AvgIpc) is 2.30. The minimum atomic E-state index is 0.249. The summed E-state index contributed by atoms with van der Waals surface area (Å²) in [7, 11) is 1.75. The Balaban J connectivity index is 2.33. The van der Waals surface area contributed by atoms with Gasteiger partial charge in [-0.1, -0.05) is 0 Å². The number of rotatable bonds is 6. The zero-order chi connectivity index (χ0) is 12.0. The van der Waals surface area contributed by atoms with Gasteiger partial charge in [-0.25, -0.2) is 0 Å². The van der Waals surface area contributed by atoms with Gasteiger partial charge in [0.05, 0.1) is 6.10 Å². The molecule has 0 radical (unpaired) electrons. The first-order chi connectivity index (χ1) is 7.65. The van der Waals surface area contributed by atoms with Gasteiger partial charge in [-0.2, -0.15) is 0 Å². The highest BCUT2D eigenvalue weighted by Crippen LogP contribution is 2.05. The Kier molecular flexibility index (Phi) is 5.43. The van der Waals surface area contributed by atoms with E-state index in [-0.39, 0.29) is 6.10 Å². The third-order valence-electron chi connectivity index (χ3n) is 3.07. The minimum absolute atomic E-state index is 0.249. The molecule has 1 rings (SSSR count). The van der Waals surface area contributed by atoms with Gasteiger partial charge in [0.25, 0.3) is 0 Å². The van der Waals surface area contributed by atoms with Crippen LogP contribution in [0.5, 0.6) is 0 Å². The van der Waals surface area contributed by atoms with Crippen LogP contribution in [0.4, 0.5) is 0 Å². The van der Waals surface area contributed by atoms with E-state index >= 15 is 0 Å². The number of aryl methyl sites for hydroxylation is 1. The standard InChI is InChI=1S/C13H22N2O/c1-10-9-14-7-5-13(10)6-8-15-11(2)12(3)16-4/h5,7,9,11-12,15H,6,8H2,1-4H3. The number of pyridine rings is 1. The molecule has 16 heavy (non-hydrogen) atoms. The van der Waals surface area contributed by atoms with Crippen molar-refractivity contribution >= 4 is 0 Å². The van der Waals surface area contributed by atoms with Gasteiger partial charge in [-0.15, -0.1) is 0 Å². The first-order valence-electron chi connectivity index (χ1n) is 5.80. The van der Waals surface area contributed by atoms with E-state index in [1.807, 2.05) is 12.4 Å². The molecule has 0 saturated heterocycles. The van der Waals surface area contributed by atoms with E-state index in [0.29, 0.717) is 6.04 Å². The van der Waals surface area contributed by atoms with Crippen molar-refractivity contribution < 1.29 is 4.74 Å². The Bertz CT molecular complexity index is 315. The van der Waals surface area contributed by atoms with Crippen LogP contribution in [0, 0.1) is 6.92 Å². The molecule has 0 spiro atoms. The van der Waals surface area contributed by atoms with Crippen molar-refractivity contribution in [2.24, 2.45) is 0 Å². The lowest BCUT2D eigenvalue weighted by molar-refractivity contribution is 0.0890. The monoisotopic (exact) mass is 222 g/mol. The Labute approximate surface area is 98.2 Å². The van der Waals surface area contributed by atoms with Gasteiger partial charge in [0.15, 0.2) is 0 Å². The largest absolute Gasteiger partial charge is 0.380 e. The van der Waals surface area contributed by atoms with Crippen LogP contribution in [0.2, 0.25) is 0 Å². The zero-order valence-corrected chi connectivity index (χ0v) is 10.7. The van der Waals surface area contributed by atoms with E-state index in [4.69, 9.17) is 4.74 Å². The van der Waals surface area contributed by atoms with Gasteiger partial charge >= 0.3 is 0 Å². The topological polar surface area (TPSA) is 34.1 Å². The number of hydrogen-bond acceptors (Lipinski definition) is 3. The van der Waals surface area contributed by atoms with Crippen LogP contribution in [-0.2, 0) is 11.2 Å². The number of nitrogens with zero attached hydrogens (tertiary/aromatic N) is 1. The van der Waals surface area contributed by atoms with Crippen molar-refractivity contribution in [3.8, 4) is 0 Å². The van der Waals surface area contributed by atoms with Gasteiger partial charge < -0.3 is 10.1 Å². The number of nitrogens with one attached hydrogen (secondary N) is 1. The Morgan fingerprint density at radius 2 is 2.19 bits per heavy atom. The zero-order valence-electron chi connectivity index (χ0n) is 10.7. The highest BCUT2D eigenvalue weighted by molar-refractivity contribution is 5.21. The summed E-state index contributed by atoms with van der Waals surface area (Å²) in [6, 6.07) is 2.47. The molecule has 2 unspecified atom stereocenters. The van der Waals surface area contributed by atoms with Crippen molar-refractivity contribution in [2.45, 2.75) is 39.3 Å². The van der Waals surface area contributed by atoms with E-state index in [1.54, 1.807) is 7.11 Å². The molecule has 0 fully saturated rings. The Morgan fingerprint density at radius 1 is 1.44 bits per heavy atom. The highest BCUT2D eigenvalue weighted by Gasteiger charge is 2.09. The van der Waals surface area contributed by atoms with Crippen LogP contribution < -0.4 is 5.32 Å². The molecule has 0 bridgehead atoms. The Morgan fingerprint density at radius 3 is 2.81 bits per heavy atom. The molecule has 1 heterocycles. The molecule has 1 N–H and O–H groups in total. The van der Waals surface area contributed by atoms with Crippen LogP contribution >= 0.6 is 0 Å². The highest BCUT2D eigenvalue weighted by atomic mass is 16.5. The fourth-order valence-corrected chi connectivity index (χ4v) is 1.59. The molecule has 1 aromatic rings. The summed E-state index contributed by atoms with van der Waals surface area (Å²) in [4.78, 5) is 4.09. The first kappa shape index (κ1) is 13.1. The van der Waals surface area contributed by atoms with Crippen molar-refractivity contribution in [3.63, 3.8) is 0 Å². The second-order valence-electron chi connectivity index (χ2n) is 4.24. The van der Waals surface area contributed by atoms with Crippen molar-refractivity contribution in [3.05, 3.63) is 29.6 Å². The van der Waals surface area contributed by atoms with Crippen LogP contribution in [0.3, 0.4) is 0 Å². The molecule has 1 aromatic heterocycles. The molecule has 0 amide bonds. The second-order valence-corrected chi connectivity index (χ2v) is 4.24. The maximum atomic E-state index is 5.27. The lowest BCUT2D eigenvalue weighted by Gasteiger charge is -2.20. The van der Waals surface area contributed by atoms with Crippen LogP contribution in [0.1, 0.15) is 25.0 Å². The molecule has 0 aromatic carbocycles. The lowest BCUT2D eigenvalue weighted by Crippen LogP contribution is -2.37. The first-order valence-corrected chi connectivity index (χ1v) is 5.80. The van der Waals surface area contributed by atoms with Crippen molar-refractivity contribution in [1.82, 2.24) is 10.3 Å². The second kappa shape index (κ2) is 6.61. The maximum absolute atomic E-state index is 5.27. The predicted octanol–water partition coefficient (Wildman–Crippen LogP) is 1.95. The van der Waals surface area contributed by atoms with Crippen LogP contribution in [0.25, 0.3) is 0 Å². The summed E-state index contributed by atoms with van der Waals surface area (Å²) >= 11 is 0. The smallest absolute Gasteiger partial charge is 0.0693 e. The summed E-state index contributed by atoms with van der Waals surface area (Å²) in [5.41, 5.74) is 2.62. The maximum Gasteiger partial charge on any atom is 0.0693 e. The summed E-state index contributed by atoms with van der Waals surface area (Å²) in [5.74, 6) is 0. The third kappa shape index (κ3) is 3.91. The summed E-state index contributed by atoms with van der Waals surface area (Å²) in [6.45, 7) is 7.30. The van der Waals surface area contributed by atoms with E-state index in [0.717, 1.165) is 13.0 Å². The number of methoxy groups -OCH3 is 1. The summed E-state index contributed by atoms with van der Waals surface area (Å²) in [5, 5.41) is 3.46. The normalized spacial score (nSPS) is 14.8. The van der Waals surface area contributed by atoms with Gasteiger partial charge in [-0.05, 0) is 50.9 Å². The van der Waals surface area contributed by atoms with Gasteiger partial charge in [-0.3, -0.25) is 4.98 Å². The van der Waals surface area contributed by atoms with Crippen molar-refractivity contribution in [2.75, 3.05) is 13.7 Å². The molecule has 3 heteroatoms. The van der Waals surface area contributed by atoms with E-state index in [9.17, 15) is 0 Å². The fourth-order valence-electron chi connectivity index (χ4n) is 1.59. The van der Waals surface area contributed by atoms with Gasteiger partial charge in [0.1, 0.15) is 0 Å². The summed E-state index contributed by atoms with van der Waals surface area (Å²) < 4.78 is 5.27. The van der Waals surface area contributed by atoms with Crippen LogP contribution in [0.15, 0.2) is 18.5 Å². The molecule has 0 aliphatic rings. The molecule has 2 atom stereocenters. The number of ether oxygens (including phenoxy) is 1. The quantitative estimate of drug-likeness (QED) is 0.799. The predicted molar refractivity (Wildman–Crippen MR) is 66.6 cm³/mol. The van der Waals surface area contributed by atoms with E-state index in [2.05, 4.69) is 37.1 Å². The molecule has 0 saturated carbocycles. The lowest BCUT2D eigenvalue weighted by atomic mass is 10.1. The molecule has 90 valence electrons. The molecular weight excluding hydrogens is 200 g/mol. The van der Waals surface area contributed by atoms with E-state index in [1.165, 1.54) is 11.1 Å². The molecule has 0 aliphatic heterocycles.